The number of aliphatic hydroxyl groups is 2. The highest BCUT2D eigenvalue weighted by molar-refractivity contribution is 5.73. The number of carbonyl (C=O) groups excluding carboxylic acids is 1. The summed E-state index contributed by atoms with van der Waals surface area (Å²) < 4.78 is 0. The maximum Gasteiger partial charge on any atom is 0.314 e. The molecule has 0 aliphatic heterocycles. The van der Waals surface area contributed by atoms with E-state index in [1.807, 2.05) is 34.6 Å². The molecule has 0 heterocycles. The van der Waals surface area contributed by atoms with Crippen molar-refractivity contribution in [1.29, 1.82) is 0 Å². The van der Waals surface area contributed by atoms with Gasteiger partial charge in [-0.05, 0) is 23.7 Å². The van der Waals surface area contributed by atoms with Crippen molar-refractivity contribution in [3.05, 3.63) is 0 Å². The van der Waals surface area contributed by atoms with Gasteiger partial charge in [-0.1, -0.05) is 34.6 Å². The average molecular weight is 274 g/mol. The molecule has 0 spiro atoms. The zero-order valence-corrected chi connectivity index (χ0v) is 12.9. The largest absolute Gasteiger partial charge is 0.396 e. The highest BCUT2D eigenvalue weighted by Gasteiger charge is 2.22. The van der Waals surface area contributed by atoms with E-state index in [1.165, 1.54) is 0 Å². The molecule has 2 amide bonds. The summed E-state index contributed by atoms with van der Waals surface area (Å²) in [6, 6.07) is -0.259. The second-order valence-corrected chi connectivity index (χ2v) is 6.94. The Labute approximate surface area is 116 Å². The molecule has 0 aromatic heterocycles. The average Bonchev–Trinajstić information content (AvgIpc) is 2.30. The molecule has 0 saturated heterocycles. The van der Waals surface area contributed by atoms with E-state index in [2.05, 4.69) is 10.6 Å². The summed E-state index contributed by atoms with van der Waals surface area (Å²) in [7, 11) is 0. The van der Waals surface area contributed by atoms with E-state index in [4.69, 9.17) is 5.11 Å². The van der Waals surface area contributed by atoms with Gasteiger partial charge in [0, 0.05) is 19.7 Å². The predicted molar refractivity (Wildman–Crippen MR) is 77.0 cm³/mol. The number of amides is 2. The maximum atomic E-state index is 11.5. The molecular formula is C14H30N2O3. The molecular weight excluding hydrogens is 244 g/mol. The third-order valence-corrected chi connectivity index (χ3v) is 3.20. The van der Waals surface area contributed by atoms with Gasteiger partial charge >= 0.3 is 6.03 Å². The van der Waals surface area contributed by atoms with Gasteiger partial charge in [-0.2, -0.15) is 0 Å². The smallest absolute Gasteiger partial charge is 0.314 e. The van der Waals surface area contributed by atoms with Gasteiger partial charge in [0.1, 0.15) is 0 Å². The Morgan fingerprint density at radius 1 is 1.16 bits per heavy atom. The number of carbonyl (C=O) groups is 1. The fraction of sp³-hybridized carbons (Fsp3) is 0.929. The molecule has 0 aromatic rings. The van der Waals surface area contributed by atoms with Crippen molar-refractivity contribution in [1.82, 2.24) is 10.6 Å². The summed E-state index contributed by atoms with van der Waals surface area (Å²) in [5.74, 6) is 0. The summed E-state index contributed by atoms with van der Waals surface area (Å²) in [5.41, 5.74) is -0.334. The lowest BCUT2D eigenvalue weighted by Crippen LogP contribution is -2.43. The molecule has 5 heteroatoms. The first kappa shape index (κ1) is 18.2. The van der Waals surface area contributed by atoms with Crippen molar-refractivity contribution in [3.8, 4) is 0 Å². The number of hydrogen-bond acceptors (Lipinski definition) is 3. The second-order valence-electron chi connectivity index (χ2n) is 6.94. The van der Waals surface area contributed by atoms with Gasteiger partial charge in [-0.15, -0.1) is 0 Å². The molecule has 4 N–H and O–H groups in total. The molecule has 5 nitrogen and oxygen atoms in total. The number of urea groups is 1. The summed E-state index contributed by atoms with van der Waals surface area (Å²) >= 11 is 0. The first-order chi connectivity index (χ1) is 8.58. The predicted octanol–water partition coefficient (Wildman–Crippen LogP) is 1.49. The number of aliphatic hydroxyl groups excluding tert-OH is 2. The van der Waals surface area contributed by atoms with Gasteiger partial charge in [-0.3, -0.25) is 0 Å². The van der Waals surface area contributed by atoms with Gasteiger partial charge in [0.15, 0.2) is 0 Å². The summed E-state index contributed by atoms with van der Waals surface area (Å²) in [6.45, 7) is 10.7. The van der Waals surface area contributed by atoms with Crippen LogP contribution in [-0.2, 0) is 0 Å². The Kier molecular flexibility index (Phi) is 7.37. The minimum atomic E-state index is -0.563. The van der Waals surface area contributed by atoms with Gasteiger partial charge in [0.25, 0.3) is 0 Å². The number of nitrogens with one attached hydrogen (secondary N) is 2. The Bertz CT molecular complexity index is 272. The lowest BCUT2D eigenvalue weighted by Gasteiger charge is -2.26. The summed E-state index contributed by atoms with van der Waals surface area (Å²) in [5, 5.41) is 24.3. The highest BCUT2D eigenvalue weighted by Crippen LogP contribution is 2.20. The molecule has 0 fully saturated rings. The van der Waals surface area contributed by atoms with Crippen LogP contribution in [0.1, 0.15) is 47.5 Å². The minimum Gasteiger partial charge on any atom is -0.396 e. The van der Waals surface area contributed by atoms with Crippen LogP contribution in [0, 0.1) is 10.8 Å². The van der Waals surface area contributed by atoms with Crippen molar-refractivity contribution in [2.45, 2.75) is 53.6 Å². The zero-order valence-electron chi connectivity index (χ0n) is 12.9. The molecule has 1 unspecified atom stereocenters. The SMILES string of the molecule is CC(C)(CO)CCCNC(=O)NCC(O)C(C)(C)C. The minimum absolute atomic E-state index is 0.0966. The second kappa shape index (κ2) is 7.70. The lowest BCUT2D eigenvalue weighted by atomic mass is 9.89. The van der Waals surface area contributed by atoms with Crippen molar-refractivity contribution >= 4 is 6.03 Å². The standard InChI is InChI=1S/C14H30N2O3/c1-13(2,3)11(18)9-16-12(19)15-8-6-7-14(4,5)10-17/h11,17-18H,6-10H2,1-5H3,(H2,15,16,19). The summed E-state index contributed by atoms with van der Waals surface area (Å²) in [6.07, 6.45) is 1.11. The van der Waals surface area contributed by atoms with Crippen LogP contribution in [0.25, 0.3) is 0 Å². The van der Waals surface area contributed by atoms with Crippen molar-refractivity contribution in [3.63, 3.8) is 0 Å². The van der Waals surface area contributed by atoms with E-state index in [-0.39, 0.29) is 30.0 Å². The lowest BCUT2D eigenvalue weighted by molar-refractivity contribution is 0.0650. The quantitative estimate of drug-likeness (QED) is 0.531. The topological polar surface area (TPSA) is 81.6 Å². The summed E-state index contributed by atoms with van der Waals surface area (Å²) in [4.78, 5) is 11.5. The van der Waals surface area contributed by atoms with Crippen LogP contribution in [0.15, 0.2) is 0 Å². The molecule has 0 aliphatic rings. The molecule has 0 aromatic carbocycles. The van der Waals surface area contributed by atoms with Gasteiger partial charge < -0.3 is 20.8 Å². The van der Waals surface area contributed by atoms with E-state index in [0.29, 0.717) is 6.54 Å². The molecule has 0 bridgehead atoms. The van der Waals surface area contributed by atoms with E-state index < -0.39 is 6.10 Å². The van der Waals surface area contributed by atoms with E-state index >= 15 is 0 Å². The molecule has 0 saturated carbocycles. The van der Waals surface area contributed by atoms with Crippen LogP contribution >= 0.6 is 0 Å². The fourth-order valence-corrected chi connectivity index (χ4v) is 1.41. The van der Waals surface area contributed by atoms with Crippen molar-refractivity contribution < 1.29 is 15.0 Å². The van der Waals surface area contributed by atoms with Crippen LogP contribution in [0.2, 0.25) is 0 Å². The molecule has 114 valence electrons. The van der Waals surface area contributed by atoms with Crippen LogP contribution in [0.4, 0.5) is 4.79 Å². The van der Waals surface area contributed by atoms with Crippen LogP contribution in [0.5, 0.6) is 0 Å². The Balaban J connectivity index is 3.72. The van der Waals surface area contributed by atoms with Crippen LogP contribution in [-0.4, -0.2) is 42.0 Å². The van der Waals surface area contributed by atoms with Crippen molar-refractivity contribution in [2.75, 3.05) is 19.7 Å². The number of hydrogen-bond donors (Lipinski definition) is 4. The highest BCUT2D eigenvalue weighted by atomic mass is 16.3. The third-order valence-electron chi connectivity index (χ3n) is 3.20. The molecule has 1 atom stereocenters. The molecule has 0 radical (unpaired) electrons. The van der Waals surface area contributed by atoms with Gasteiger partial charge in [-0.25, -0.2) is 4.79 Å². The van der Waals surface area contributed by atoms with E-state index in [9.17, 15) is 9.90 Å². The third kappa shape index (κ3) is 8.83. The maximum absolute atomic E-state index is 11.5. The van der Waals surface area contributed by atoms with Gasteiger partial charge in [0.05, 0.1) is 6.10 Å². The number of rotatable bonds is 7. The molecule has 0 aliphatic carbocycles. The van der Waals surface area contributed by atoms with E-state index in [0.717, 1.165) is 12.8 Å². The first-order valence-corrected chi connectivity index (χ1v) is 6.89. The zero-order chi connectivity index (χ0) is 15.1. The van der Waals surface area contributed by atoms with Crippen LogP contribution in [0.3, 0.4) is 0 Å². The Morgan fingerprint density at radius 3 is 2.21 bits per heavy atom. The molecule has 19 heavy (non-hydrogen) atoms. The fourth-order valence-electron chi connectivity index (χ4n) is 1.41. The molecule has 0 rings (SSSR count). The van der Waals surface area contributed by atoms with E-state index in [1.54, 1.807) is 0 Å². The first-order valence-electron chi connectivity index (χ1n) is 6.89. The van der Waals surface area contributed by atoms with Crippen molar-refractivity contribution in [2.24, 2.45) is 10.8 Å². The monoisotopic (exact) mass is 274 g/mol. The Hall–Kier alpha value is -0.810. The Morgan fingerprint density at radius 2 is 1.74 bits per heavy atom. The van der Waals surface area contributed by atoms with Gasteiger partial charge in [0.2, 0.25) is 0 Å². The normalized spacial score (nSPS) is 14.1. The van der Waals surface area contributed by atoms with Crippen LogP contribution < -0.4 is 10.6 Å².